The molecule has 0 radical (unpaired) electrons. The quantitative estimate of drug-likeness (QED) is 0.571. The van der Waals surface area contributed by atoms with Gasteiger partial charge in [0.25, 0.3) is 8.32 Å². The Kier molecular flexibility index (Phi) is 5.88. The van der Waals surface area contributed by atoms with E-state index in [0.717, 1.165) is 0 Å². The number of carbonyl (C=O) groups excluding carboxylic acids is 1. The van der Waals surface area contributed by atoms with E-state index < -0.39 is 8.32 Å². The van der Waals surface area contributed by atoms with Crippen molar-refractivity contribution < 1.29 is 19.1 Å². The first-order valence-electron chi connectivity index (χ1n) is 11.0. The number of esters is 1. The molecular formula is C25H32O4Si. The monoisotopic (exact) mass is 424 g/mol. The van der Waals surface area contributed by atoms with Gasteiger partial charge in [0.05, 0.1) is 12.5 Å². The second-order valence-electron chi connectivity index (χ2n) is 9.63. The van der Waals surface area contributed by atoms with Crippen LogP contribution in [0, 0.1) is 11.8 Å². The number of fused-ring (bicyclic) bond motifs is 1. The number of ether oxygens (including phenoxy) is 1. The van der Waals surface area contributed by atoms with Gasteiger partial charge >= 0.3 is 5.97 Å². The molecule has 160 valence electrons. The maximum absolute atomic E-state index is 11.9. The number of aliphatic hydroxyl groups is 1. The smallest absolute Gasteiger partial charge is 0.306 e. The lowest BCUT2D eigenvalue weighted by Gasteiger charge is -2.45. The van der Waals surface area contributed by atoms with Crippen LogP contribution in [0.5, 0.6) is 0 Å². The molecule has 1 aliphatic heterocycles. The number of rotatable bonds is 6. The highest BCUT2D eigenvalue weighted by Crippen LogP contribution is 2.47. The molecular weight excluding hydrogens is 392 g/mol. The molecule has 0 unspecified atom stereocenters. The zero-order chi connectivity index (χ0) is 21.4. The van der Waals surface area contributed by atoms with E-state index in [1.807, 2.05) is 12.1 Å². The standard InChI is InChI=1S/C25H32O4Si/c1-25(2,3)30(18-10-6-4-7-11-18,19-12-8-5-9-13-19)29-23-17-22-21(16-24(27)28-22)20(23)14-15-26/h4-13,20-23,26H,14-17H2,1-3H3/t20-,21-,22+,23-/m1/s1. The van der Waals surface area contributed by atoms with Gasteiger partial charge in [-0.1, -0.05) is 81.4 Å². The summed E-state index contributed by atoms with van der Waals surface area (Å²) in [4.78, 5) is 11.9. The lowest BCUT2D eigenvalue weighted by atomic mass is 9.90. The second-order valence-corrected chi connectivity index (χ2v) is 13.9. The van der Waals surface area contributed by atoms with Crippen molar-refractivity contribution in [3.05, 3.63) is 60.7 Å². The average molecular weight is 425 g/mol. The lowest BCUT2D eigenvalue weighted by molar-refractivity contribution is -0.141. The zero-order valence-electron chi connectivity index (χ0n) is 18.1. The molecule has 0 bridgehead atoms. The fourth-order valence-corrected chi connectivity index (χ4v) is 10.3. The van der Waals surface area contributed by atoms with Crippen LogP contribution in [0.3, 0.4) is 0 Å². The summed E-state index contributed by atoms with van der Waals surface area (Å²) >= 11 is 0. The molecule has 0 amide bonds. The normalized spacial score (nSPS) is 26.5. The van der Waals surface area contributed by atoms with Crippen molar-refractivity contribution in [1.82, 2.24) is 0 Å². The Morgan fingerprint density at radius 2 is 1.60 bits per heavy atom. The molecule has 4 rings (SSSR count). The molecule has 1 saturated heterocycles. The Morgan fingerprint density at radius 3 is 2.10 bits per heavy atom. The van der Waals surface area contributed by atoms with Crippen molar-refractivity contribution in [3.63, 3.8) is 0 Å². The summed E-state index contributed by atoms with van der Waals surface area (Å²) < 4.78 is 12.9. The minimum Gasteiger partial charge on any atom is -0.462 e. The number of hydrogen-bond acceptors (Lipinski definition) is 4. The minimum absolute atomic E-state index is 0.0356. The van der Waals surface area contributed by atoms with Gasteiger partial charge in [0.1, 0.15) is 6.10 Å². The van der Waals surface area contributed by atoms with Crippen molar-refractivity contribution in [2.24, 2.45) is 11.8 Å². The van der Waals surface area contributed by atoms with Crippen LogP contribution in [-0.2, 0) is 14.0 Å². The first kappa shape index (κ1) is 21.3. The van der Waals surface area contributed by atoms with Gasteiger partial charge in [-0.3, -0.25) is 4.79 Å². The van der Waals surface area contributed by atoms with E-state index in [1.54, 1.807) is 0 Å². The van der Waals surface area contributed by atoms with Gasteiger partial charge in [0, 0.05) is 18.9 Å². The van der Waals surface area contributed by atoms with Crippen molar-refractivity contribution in [2.45, 2.75) is 57.3 Å². The summed E-state index contributed by atoms with van der Waals surface area (Å²) in [6, 6.07) is 21.2. The third-order valence-corrected chi connectivity index (χ3v) is 11.9. The van der Waals surface area contributed by atoms with Crippen LogP contribution in [0.4, 0.5) is 0 Å². The van der Waals surface area contributed by atoms with Crippen LogP contribution in [0.1, 0.15) is 40.0 Å². The molecule has 1 N–H and O–H groups in total. The van der Waals surface area contributed by atoms with Crippen LogP contribution in [-0.4, -0.2) is 38.2 Å². The molecule has 5 heteroatoms. The molecule has 2 aromatic carbocycles. The third-order valence-electron chi connectivity index (χ3n) is 6.86. The van der Waals surface area contributed by atoms with Gasteiger partial charge in [-0.25, -0.2) is 0 Å². The van der Waals surface area contributed by atoms with Crippen molar-refractivity contribution in [2.75, 3.05) is 6.61 Å². The summed E-state index contributed by atoms with van der Waals surface area (Å²) in [5.41, 5.74) is 0. The van der Waals surface area contributed by atoms with Gasteiger partial charge in [-0.2, -0.15) is 0 Å². The summed E-state index contributed by atoms with van der Waals surface area (Å²) in [6.07, 6.45) is 1.67. The van der Waals surface area contributed by atoms with E-state index >= 15 is 0 Å². The van der Waals surface area contributed by atoms with E-state index in [2.05, 4.69) is 69.3 Å². The van der Waals surface area contributed by atoms with Gasteiger partial charge in [-0.15, -0.1) is 0 Å². The molecule has 2 aliphatic rings. The fraction of sp³-hybridized carbons (Fsp3) is 0.480. The Bertz CT molecular complexity index is 822. The Hall–Kier alpha value is -1.95. The number of hydrogen-bond donors (Lipinski definition) is 1. The molecule has 4 nitrogen and oxygen atoms in total. The summed E-state index contributed by atoms with van der Waals surface area (Å²) in [5.74, 6) is 0.165. The zero-order valence-corrected chi connectivity index (χ0v) is 19.1. The summed E-state index contributed by atoms with van der Waals surface area (Å²) in [7, 11) is -2.67. The fourth-order valence-electron chi connectivity index (χ4n) is 5.56. The number of benzene rings is 2. The molecule has 1 saturated carbocycles. The first-order chi connectivity index (χ1) is 14.4. The van der Waals surface area contributed by atoms with Crippen molar-refractivity contribution >= 4 is 24.7 Å². The van der Waals surface area contributed by atoms with Crippen LogP contribution in [0.25, 0.3) is 0 Å². The van der Waals surface area contributed by atoms with Crippen LogP contribution in [0.2, 0.25) is 5.04 Å². The second kappa shape index (κ2) is 8.29. The summed E-state index contributed by atoms with van der Waals surface area (Å²) in [5, 5.41) is 12.2. The maximum atomic E-state index is 11.9. The molecule has 0 spiro atoms. The third kappa shape index (κ3) is 3.64. The molecule has 1 aliphatic carbocycles. The highest BCUT2D eigenvalue weighted by molar-refractivity contribution is 6.99. The number of carbonyl (C=O) groups is 1. The van der Waals surface area contributed by atoms with Crippen LogP contribution in [0.15, 0.2) is 60.7 Å². The van der Waals surface area contributed by atoms with Gasteiger partial charge in [0.2, 0.25) is 0 Å². The molecule has 2 fully saturated rings. The van der Waals surface area contributed by atoms with Crippen LogP contribution < -0.4 is 10.4 Å². The Balaban J connectivity index is 1.80. The minimum atomic E-state index is -2.67. The molecule has 0 aromatic heterocycles. The van der Waals surface area contributed by atoms with E-state index in [9.17, 15) is 9.90 Å². The summed E-state index contributed by atoms with van der Waals surface area (Å²) in [6.45, 7) is 6.92. The first-order valence-corrected chi connectivity index (χ1v) is 12.9. The maximum Gasteiger partial charge on any atom is 0.306 e. The molecule has 30 heavy (non-hydrogen) atoms. The SMILES string of the molecule is CC(C)(C)[Si](O[C@@H]1C[C@@H]2OC(=O)C[C@@H]2[C@H]1CCO)(c1ccccc1)c1ccccc1. The van der Waals surface area contributed by atoms with E-state index in [1.165, 1.54) is 10.4 Å². The highest BCUT2D eigenvalue weighted by atomic mass is 28.4. The van der Waals surface area contributed by atoms with E-state index in [4.69, 9.17) is 9.16 Å². The number of aliphatic hydroxyl groups excluding tert-OH is 1. The molecule has 2 aromatic rings. The van der Waals surface area contributed by atoms with E-state index in [0.29, 0.717) is 19.3 Å². The predicted octanol–water partition coefficient (Wildman–Crippen LogP) is 3.27. The van der Waals surface area contributed by atoms with Crippen molar-refractivity contribution in [3.8, 4) is 0 Å². The van der Waals surface area contributed by atoms with Gasteiger partial charge < -0.3 is 14.3 Å². The lowest BCUT2D eigenvalue weighted by Crippen LogP contribution is -2.68. The molecule has 4 atom stereocenters. The average Bonchev–Trinajstić information content (AvgIpc) is 3.23. The Labute approximate surface area is 180 Å². The van der Waals surface area contributed by atoms with Gasteiger partial charge in [-0.05, 0) is 27.8 Å². The van der Waals surface area contributed by atoms with E-state index in [-0.39, 0.29) is 41.7 Å². The predicted molar refractivity (Wildman–Crippen MR) is 120 cm³/mol. The van der Waals surface area contributed by atoms with Crippen LogP contribution >= 0.6 is 0 Å². The van der Waals surface area contributed by atoms with Gasteiger partial charge in [0.15, 0.2) is 0 Å². The Morgan fingerprint density at radius 1 is 1.03 bits per heavy atom. The van der Waals surface area contributed by atoms with Crippen molar-refractivity contribution in [1.29, 1.82) is 0 Å². The highest BCUT2D eigenvalue weighted by Gasteiger charge is 2.56. The largest absolute Gasteiger partial charge is 0.462 e. The topological polar surface area (TPSA) is 55.8 Å². The molecule has 1 heterocycles.